The lowest BCUT2D eigenvalue weighted by Crippen LogP contribution is -2.55. The van der Waals surface area contributed by atoms with Crippen molar-refractivity contribution in [2.24, 2.45) is 11.8 Å². The Labute approximate surface area is 208 Å². The van der Waals surface area contributed by atoms with Crippen molar-refractivity contribution in [2.45, 2.75) is 90.0 Å². The molecule has 0 spiro atoms. The monoisotopic (exact) mass is 488 g/mol. The Balaban J connectivity index is 1.55. The maximum atomic E-state index is 13.4. The molecule has 0 aromatic heterocycles. The average Bonchev–Trinajstić information content (AvgIpc) is 2.75. The molecular formula is C27H40N2O6. The number of rotatable bonds is 9. The normalized spacial score (nSPS) is 21.5. The summed E-state index contributed by atoms with van der Waals surface area (Å²) < 4.78 is 11.3. The van der Waals surface area contributed by atoms with Crippen molar-refractivity contribution in [2.75, 3.05) is 13.7 Å². The van der Waals surface area contributed by atoms with Crippen molar-refractivity contribution < 1.29 is 29.0 Å². The lowest BCUT2D eigenvalue weighted by Gasteiger charge is -2.40. The molecule has 0 saturated heterocycles. The van der Waals surface area contributed by atoms with Crippen LogP contribution in [0.5, 0.6) is 0 Å². The van der Waals surface area contributed by atoms with Gasteiger partial charge in [-0.25, -0.2) is 9.59 Å². The molecule has 1 aromatic carbocycles. The molecule has 0 radical (unpaired) electrons. The van der Waals surface area contributed by atoms with Crippen LogP contribution in [-0.2, 0) is 20.9 Å². The van der Waals surface area contributed by atoms with Crippen LogP contribution >= 0.6 is 0 Å². The Kier molecular flexibility index (Phi) is 9.16. The van der Waals surface area contributed by atoms with E-state index < -0.39 is 23.7 Å². The Morgan fingerprint density at radius 3 is 2.31 bits per heavy atom. The fraction of sp³-hybridized carbons (Fsp3) is 0.667. The van der Waals surface area contributed by atoms with Gasteiger partial charge in [-0.05, 0) is 89.2 Å². The number of likely N-dealkylation sites (N-methyl/N-ethyl adjacent to an activating group) is 1. The molecule has 0 aliphatic heterocycles. The molecule has 35 heavy (non-hydrogen) atoms. The second kappa shape index (κ2) is 11.9. The molecule has 0 unspecified atom stereocenters. The largest absolute Gasteiger partial charge is 0.478 e. The van der Waals surface area contributed by atoms with E-state index in [0.717, 1.165) is 44.9 Å². The number of aromatic carboxylic acids is 1. The van der Waals surface area contributed by atoms with Crippen LogP contribution in [0.1, 0.15) is 81.6 Å². The molecule has 3 rings (SSSR count). The molecule has 194 valence electrons. The number of alkyl carbamates (subject to hydrolysis) is 1. The number of carboxylic acids is 1. The van der Waals surface area contributed by atoms with E-state index in [4.69, 9.17) is 9.47 Å². The lowest BCUT2D eigenvalue weighted by atomic mass is 9.78. The fourth-order valence-electron chi connectivity index (χ4n) is 4.87. The Bertz CT molecular complexity index is 884. The van der Waals surface area contributed by atoms with Crippen molar-refractivity contribution >= 4 is 18.0 Å². The molecule has 2 aliphatic carbocycles. The van der Waals surface area contributed by atoms with Crippen LogP contribution in [0.25, 0.3) is 0 Å². The number of hydrogen-bond acceptors (Lipinski definition) is 5. The summed E-state index contributed by atoms with van der Waals surface area (Å²) in [6.07, 6.45) is 5.99. The lowest BCUT2D eigenvalue weighted by molar-refractivity contribution is -0.137. The van der Waals surface area contributed by atoms with Crippen LogP contribution in [0.15, 0.2) is 24.3 Å². The van der Waals surface area contributed by atoms with E-state index in [-0.39, 0.29) is 30.0 Å². The molecule has 0 heterocycles. The van der Waals surface area contributed by atoms with Crippen molar-refractivity contribution in [1.29, 1.82) is 0 Å². The second-order valence-corrected chi connectivity index (χ2v) is 10.9. The number of benzene rings is 1. The predicted octanol–water partition coefficient (Wildman–Crippen LogP) is 4.61. The molecule has 2 saturated carbocycles. The van der Waals surface area contributed by atoms with Gasteiger partial charge in [0.05, 0.1) is 12.2 Å². The van der Waals surface area contributed by atoms with Gasteiger partial charge in [-0.15, -0.1) is 0 Å². The van der Waals surface area contributed by atoms with Gasteiger partial charge in [-0.3, -0.25) is 4.79 Å². The van der Waals surface area contributed by atoms with E-state index in [1.54, 1.807) is 23.1 Å². The molecule has 2 aliphatic rings. The molecule has 2 fully saturated rings. The Morgan fingerprint density at radius 2 is 1.74 bits per heavy atom. The minimum atomic E-state index is -0.954. The maximum absolute atomic E-state index is 13.4. The first-order chi connectivity index (χ1) is 16.5. The summed E-state index contributed by atoms with van der Waals surface area (Å²) in [5.41, 5.74) is 0.299. The van der Waals surface area contributed by atoms with Gasteiger partial charge in [-0.2, -0.15) is 0 Å². The Hall–Kier alpha value is -2.61. The number of carbonyl (C=O) groups is 3. The standard InChI is InChI=1S/C27H40N2O6/c1-27(2,3)35-26(33)28-23(24(30)29(4)21-9-7-10-21)19-14-12-18(13-15-19)16-34-17-20-8-5-6-11-22(20)25(31)32/h5-6,8,11,18-19,21,23H,7,9-10,12-17H2,1-4H3,(H,28,33)(H,31,32)/t18?,19?,23-/m0/s1. The topological polar surface area (TPSA) is 105 Å². The van der Waals surface area contributed by atoms with Crippen molar-refractivity contribution in [3.8, 4) is 0 Å². The first-order valence-corrected chi connectivity index (χ1v) is 12.7. The van der Waals surface area contributed by atoms with Crippen LogP contribution in [-0.4, -0.2) is 59.3 Å². The zero-order chi connectivity index (χ0) is 25.6. The van der Waals surface area contributed by atoms with Crippen LogP contribution < -0.4 is 5.32 Å². The number of ether oxygens (including phenoxy) is 2. The highest BCUT2D eigenvalue weighted by molar-refractivity contribution is 5.89. The van der Waals surface area contributed by atoms with Crippen LogP contribution in [0.2, 0.25) is 0 Å². The van der Waals surface area contributed by atoms with Gasteiger partial charge in [0.25, 0.3) is 0 Å². The smallest absolute Gasteiger partial charge is 0.408 e. The quantitative estimate of drug-likeness (QED) is 0.526. The second-order valence-electron chi connectivity index (χ2n) is 10.9. The van der Waals surface area contributed by atoms with Crippen molar-refractivity contribution in [1.82, 2.24) is 10.2 Å². The van der Waals surface area contributed by atoms with E-state index in [2.05, 4.69) is 5.32 Å². The third-order valence-electron chi connectivity index (χ3n) is 7.13. The summed E-state index contributed by atoms with van der Waals surface area (Å²) in [7, 11) is 1.84. The molecule has 8 nitrogen and oxygen atoms in total. The van der Waals surface area contributed by atoms with Gasteiger partial charge < -0.3 is 24.8 Å². The zero-order valence-corrected chi connectivity index (χ0v) is 21.4. The van der Waals surface area contributed by atoms with Crippen LogP contribution in [0, 0.1) is 11.8 Å². The summed E-state index contributed by atoms with van der Waals surface area (Å²) in [6.45, 7) is 6.23. The summed E-state index contributed by atoms with van der Waals surface area (Å²) in [5, 5.41) is 12.2. The molecule has 1 atom stereocenters. The number of nitrogens with zero attached hydrogens (tertiary/aromatic N) is 1. The molecular weight excluding hydrogens is 448 g/mol. The van der Waals surface area contributed by atoms with Gasteiger partial charge in [0.15, 0.2) is 0 Å². The highest BCUT2D eigenvalue weighted by Gasteiger charge is 2.38. The van der Waals surface area contributed by atoms with Crippen molar-refractivity contribution in [3.05, 3.63) is 35.4 Å². The molecule has 2 N–H and O–H groups in total. The van der Waals surface area contributed by atoms with E-state index in [0.29, 0.717) is 18.1 Å². The highest BCUT2D eigenvalue weighted by Crippen LogP contribution is 2.33. The predicted molar refractivity (Wildman–Crippen MR) is 132 cm³/mol. The van der Waals surface area contributed by atoms with E-state index in [1.807, 2.05) is 33.9 Å². The summed E-state index contributed by atoms with van der Waals surface area (Å²) in [6, 6.07) is 6.54. The summed E-state index contributed by atoms with van der Waals surface area (Å²) >= 11 is 0. The van der Waals surface area contributed by atoms with E-state index in [1.165, 1.54) is 0 Å². The fourth-order valence-corrected chi connectivity index (χ4v) is 4.87. The number of hydrogen-bond donors (Lipinski definition) is 2. The van der Waals surface area contributed by atoms with Gasteiger partial charge in [0, 0.05) is 19.7 Å². The van der Waals surface area contributed by atoms with E-state index >= 15 is 0 Å². The van der Waals surface area contributed by atoms with Crippen molar-refractivity contribution in [3.63, 3.8) is 0 Å². The van der Waals surface area contributed by atoms with Crippen LogP contribution in [0.4, 0.5) is 4.79 Å². The SMILES string of the molecule is CN(C(=O)[C@@H](NC(=O)OC(C)(C)C)C1CCC(COCc2ccccc2C(=O)O)CC1)C1CCC1. The first kappa shape index (κ1) is 27.0. The minimum Gasteiger partial charge on any atom is -0.478 e. The van der Waals surface area contributed by atoms with E-state index in [9.17, 15) is 19.5 Å². The molecule has 0 bridgehead atoms. The van der Waals surface area contributed by atoms with Gasteiger partial charge in [-0.1, -0.05) is 18.2 Å². The van der Waals surface area contributed by atoms with Crippen LogP contribution in [0.3, 0.4) is 0 Å². The number of nitrogens with one attached hydrogen (secondary N) is 1. The summed E-state index contributed by atoms with van der Waals surface area (Å²) in [5.74, 6) is -0.610. The Morgan fingerprint density at radius 1 is 1.09 bits per heavy atom. The van der Waals surface area contributed by atoms with Gasteiger partial charge >= 0.3 is 12.1 Å². The third-order valence-corrected chi connectivity index (χ3v) is 7.13. The average molecular weight is 489 g/mol. The first-order valence-electron chi connectivity index (χ1n) is 12.7. The maximum Gasteiger partial charge on any atom is 0.408 e. The number of carboxylic acid groups (broad SMARTS) is 1. The molecule has 8 heteroatoms. The molecule has 1 aromatic rings. The summed E-state index contributed by atoms with van der Waals surface area (Å²) in [4.78, 5) is 39.1. The third kappa shape index (κ3) is 7.69. The zero-order valence-electron chi connectivity index (χ0n) is 21.4. The van der Waals surface area contributed by atoms with Gasteiger partial charge in [0.1, 0.15) is 11.6 Å². The van der Waals surface area contributed by atoms with Gasteiger partial charge in [0.2, 0.25) is 5.91 Å². The minimum absolute atomic E-state index is 0.0365. The highest BCUT2D eigenvalue weighted by atomic mass is 16.6. The number of amides is 2. The number of carbonyl (C=O) groups excluding carboxylic acids is 2. The molecule has 2 amide bonds.